The van der Waals surface area contributed by atoms with Gasteiger partial charge in [0.2, 0.25) is 0 Å². The number of benzene rings is 2. The number of para-hydroxylation sites is 1. The third-order valence-electron chi connectivity index (χ3n) is 3.72. The summed E-state index contributed by atoms with van der Waals surface area (Å²) in [4.78, 5) is 17.4. The van der Waals surface area contributed by atoms with Crippen molar-refractivity contribution >= 4 is 57.2 Å². The van der Waals surface area contributed by atoms with Crippen LogP contribution in [0.5, 0.6) is 11.5 Å². The van der Waals surface area contributed by atoms with E-state index in [-0.39, 0.29) is 5.91 Å². The number of carbonyl (C=O) groups is 1. The van der Waals surface area contributed by atoms with Crippen molar-refractivity contribution in [2.45, 2.75) is 20.3 Å². The highest BCUT2D eigenvalue weighted by molar-refractivity contribution is 14.1. The summed E-state index contributed by atoms with van der Waals surface area (Å²) < 4.78 is 12.5. The van der Waals surface area contributed by atoms with Crippen molar-refractivity contribution in [2.75, 3.05) is 13.2 Å². The van der Waals surface area contributed by atoms with Gasteiger partial charge < -0.3 is 14.8 Å². The largest absolute Gasteiger partial charge is 0.490 e. The van der Waals surface area contributed by atoms with Gasteiger partial charge in [-0.25, -0.2) is 4.99 Å². The second-order valence-corrected chi connectivity index (χ2v) is 8.12. The maximum atomic E-state index is 12.3. The van der Waals surface area contributed by atoms with Gasteiger partial charge in [0.1, 0.15) is 0 Å². The van der Waals surface area contributed by atoms with Crippen LogP contribution in [-0.4, -0.2) is 24.3 Å². The molecule has 2 aromatic rings. The quantitative estimate of drug-likeness (QED) is 0.404. The van der Waals surface area contributed by atoms with Crippen LogP contribution in [0.4, 0.5) is 5.69 Å². The molecule has 1 amide bonds. The number of amidine groups is 1. The highest BCUT2D eigenvalue weighted by atomic mass is 127. The molecule has 0 saturated carbocycles. The van der Waals surface area contributed by atoms with Crippen LogP contribution in [0.3, 0.4) is 0 Å². The first-order valence-electron chi connectivity index (χ1n) is 9.04. The van der Waals surface area contributed by atoms with Crippen LogP contribution < -0.4 is 14.8 Å². The van der Waals surface area contributed by atoms with Gasteiger partial charge in [-0.15, -0.1) is 0 Å². The van der Waals surface area contributed by atoms with Crippen LogP contribution in [0.1, 0.15) is 25.8 Å². The van der Waals surface area contributed by atoms with Gasteiger partial charge in [0.25, 0.3) is 5.91 Å². The predicted molar refractivity (Wildman–Crippen MR) is 123 cm³/mol. The second-order valence-electron chi connectivity index (χ2n) is 5.93. The molecule has 0 spiro atoms. The van der Waals surface area contributed by atoms with Crippen molar-refractivity contribution < 1.29 is 14.3 Å². The Morgan fingerprint density at radius 1 is 1.18 bits per heavy atom. The standard InChI is InChI=1S/C21H21IN2O3S/c1-3-10-27-19-16(22)11-14(12-17(19)26-4-2)13-18-20(25)24-21(28-18)23-15-8-6-5-7-9-15/h5-9,11-13H,3-4,10H2,1-2H3,(H,23,24,25)/b18-13+. The van der Waals surface area contributed by atoms with E-state index >= 15 is 0 Å². The van der Waals surface area contributed by atoms with Gasteiger partial charge in [0.05, 0.1) is 27.4 Å². The lowest BCUT2D eigenvalue weighted by Gasteiger charge is -2.14. The van der Waals surface area contributed by atoms with Gasteiger partial charge in [0, 0.05) is 0 Å². The van der Waals surface area contributed by atoms with Crippen LogP contribution in [0.2, 0.25) is 0 Å². The number of nitrogens with one attached hydrogen (secondary N) is 1. The van der Waals surface area contributed by atoms with E-state index in [1.807, 2.05) is 55.5 Å². The fraction of sp³-hybridized carbons (Fsp3) is 0.238. The molecule has 0 radical (unpaired) electrons. The Bertz CT molecular complexity index is 913. The molecule has 1 aliphatic heterocycles. The number of amides is 1. The fourth-order valence-corrected chi connectivity index (χ4v) is 4.15. The molecule has 0 aromatic heterocycles. The van der Waals surface area contributed by atoms with Crippen LogP contribution >= 0.6 is 34.4 Å². The average molecular weight is 508 g/mol. The molecule has 1 aliphatic rings. The summed E-state index contributed by atoms with van der Waals surface area (Å²) in [7, 11) is 0. The minimum absolute atomic E-state index is 0.154. The number of thioether (sulfide) groups is 1. The van der Waals surface area contributed by atoms with Crippen molar-refractivity contribution in [3.8, 4) is 11.5 Å². The minimum Gasteiger partial charge on any atom is -0.490 e. The van der Waals surface area contributed by atoms with Crippen LogP contribution in [0, 0.1) is 3.57 Å². The molecule has 1 fully saturated rings. The van der Waals surface area contributed by atoms with Crippen molar-refractivity contribution in [3.05, 3.63) is 56.5 Å². The molecule has 7 heteroatoms. The van der Waals surface area contributed by atoms with Crippen molar-refractivity contribution in [2.24, 2.45) is 4.99 Å². The highest BCUT2D eigenvalue weighted by Crippen LogP contribution is 2.36. The molecule has 1 heterocycles. The zero-order chi connectivity index (χ0) is 19.9. The number of hydrogen-bond acceptors (Lipinski definition) is 5. The SMILES string of the molecule is CCCOc1c(I)cc(/C=C2/SC(=Nc3ccccc3)NC2=O)cc1OCC. The summed E-state index contributed by atoms with van der Waals surface area (Å²) in [5.74, 6) is 1.29. The van der Waals surface area contributed by atoms with Gasteiger partial charge >= 0.3 is 0 Å². The van der Waals surface area contributed by atoms with Crippen LogP contribution in [0.25, 0.3) is 6.08 Å². The molecule has 146 valence electrons. The topological polar surface area (TPSA) is 59.9 Å². The fourth-order valence-electron chi connectivity index (χ4n) is 2.53. The minimum atomic E-state index is -0.154. The van der Waals surface area contributed by atoms with E-state index in [2.05, 4.69) is 39.8 Å². The average Bonchev–Trinajstić information content (AvgIpc) is 3.01. The molecule has 5 nitrogen and oxygen atoms in total. The van der Waals surface area contributed by atoms with E-state index in [0.29, 0.717) is 29.0 Å². The smallest absolute Gasteiger partial charge is 0.264 e. The van der Waals surface area contributed by atoms with Gasteiger partial charge in [-0.3, -0.25) is 4.79 Å². The monoisotopic (exact) mass is 508 g/mol. The number of carbonyl (C=O) groups excluding carboxylic acids is 1. The van der Waals surface area contributed by atoms with E-state index < -0.39 is 0 Å². The number of ether oxygens (including phenoxy) is 2. The van der Waals surface area contributed by atoms with E-state index in [4.69, 9.17) is 9.47 Å². The molecule has 0 atom stereocenters. The van der Waals surface area contributed by atoms with Gasteiger partial charge in [0.15, 0.2) is 16.7 Å². The predicted octanol–water partition coefficient (Wildman–Crippen LogP) is 5.37. The maximum absolute atomic E-state index is 12.3. The van der Waals surface area contributed by atoms with E-state index in [0.717, 1.165) is 27.0 Å². The zero-order valence-corrected chi connectivity index (χ0v) is 18.7. The molecule has 2 aromatic carbocycles. The van der Waals surface area contributed by atoms with Gasteiger partial charge in [-0.1, -0.05) is 25.1 Å². The van der Waals surface area contributed by atoms with Crippen molar-refractivity contribution in [1.29, 1.82) is 0 Å². The summed E-state index contributed by atoms with van der Waals surface area (Å²) in [5, 5.41) is 3.39. The number of rotatable bonds is 7. The third-order valence-corrected chi connectivity index (χ3v) is 5.43. The first-order valence-corrected chi connectivity index (χ1v) is 10.9. The molecular weight excluding hydrogens is 487 g/mol. The lowest BCUT2D eigenvalue weighted by atomic mass is 10.2. The summed E-state index contributed by atoms with van der Waals surface area (Å²) in [6, 6.07) is 13.4. The van der Waals surface area contributed by atoms with Crippen LogP contribution in [-0.2, 0) is 4.79 Å². The number of hydrogen-bond donors (Lipinski definition) is 1. The Kier molecular flexibility index (Phi) is 7.38. The number of halogens is 1. The second kappa shape index (κ2) is 9.97. The molecule has 1 N–H and O–H groups in total. The first-order chi connectivity index (χ1) is 13.6. The summed E-state index contributed by atoms with van der Waals surface area (Å²) >= 11 is 3.56. The molecular formula is C21H21IN2O3S. The first kappa shape index (κ1) is 20.7. The lowest BCUT2D eigenvalue weighted by Crippen LogP contribution is -2.19. The molecule has 3 rings (SSSR count). The Morgan fingerprint density at radius 2 is 1.96 bits per heavy atom. The molecule has 0 bridgehead atoms. The highest BCUT2D eigenvalue weighted by Gasteiger charge is 2.24. The normalized spacial score (nSPS) is 16.5. The molecule has 1 saturated heterocycles. The van der Waals surface area contributed by atoms with Crippen molar-refractivity contribution in [3.63, 3.8) is 0 Å². The summed E-state index contributed by atoms with van der Waals surface area (Å²) in [6.45, 7) is 5.18. The Morgan fingerprint density at radius 3 is 2.68 bits per heavy atom. The molecule has 0 unspecified atom stereocenters. The van der Waals surface area contributed by atoms with E-state index in [1.165, 1.54) is 11.8 Å². The zero-order valence-electron chi connectivity index (χ0n) is 15.7. The van der Waals surface area contributed by atoms with Gasteiger partial charge in [-0.05, 0) is 83.6 Å². The summed E-state index contributed by atoms with van der Waals surface area (Å²) in [6.07, 6.45) is 2.77. The lowest BCUT2D eigenvalue weighted by molar-refractivity contribution is -0.115. The third kappa shape index (κ3) is 5.29. The summed E-state index contributed by atoms with van der Waals surface area (Å²) in [5.41, 5.74) is 1.69. The number of nitrogens with zero attached hydrogens (tertiary/aromatic N) is 1. The Hall–Kier alpha value is -2.00. The van der Waals surface area contributed by atoms with Crippen LogP contribution in [0.15, 0.2) is 52.4 Å². The number of aliphatic imine (C=N–C) groups is 1. The molecule has 28 heavy (non-hydrogen) atoms. The van der Waals surface area contributed by atoms with E-state index in [1.54, 1.807) is 0 Å². The Balaban J connectivity index is 1.86. The van der Waals surface area contributed by atoms with Gasteiger partial charge in [-0.2, -0.15) is 0 Å². The van der Waals surface area contributed by atoms with Crippen molar-refractivity contribution in [1.82, 2.24) is 5.32 Å². The van der Waals surface area contributed by atoms with E-state index in [9.17, 15) is 4.79 Å². The maximum Gasteiger partial charge on any atom is 0.264 e. The molecule has 0 aliphatic carbocycles. The Labute approximate surface area is 182 Å².